The minimum Gasteiger partial charge on any atom is -0.493 e. The molecule has 0 bridgehead atoms. The van der Waals surface area contributed by atoms with Crippen LogP contribution >= 0.6 is 15.9 Å². The molecule has 0 aliphatic carbocycles. The molecule has 0 saturated carbocycles. The van der Waals surface area contributed by atoms with Gasteiger partial charge in [0.05, 0.1) is 19.8 Å². The number of rotatable bonds is 11. The highest BCUT2D eigenvalue weighted by Gasteiger charge is 2.13. The molecule has 1 aromatic carbocycles. The lowest BCUT2D eigenvalue weighted by molar-refractivity contribution is -0.145. The quantitative estimate of drug-likeness (QED) is 0.459. The minimum atomic E-state index is -0.404. The number of benzene rings is 1. The Balaban J connectivity index is 2.10. The minimum absolute atomic E-state index is 0.148. The fourth-order valence-corrected chi connectivity index (χ4v) is 3.16. The maximum atomic E-state index is 11.5. The molecule has 0 aliphatic rings. The standard InChI is InChI=1S/C21H29BrN2O4/c1-5-16(6-2)13-27-19-9-8-18(22)11-17(19)12-24-15(4)10-20(23-24)28-14-21(25)26-7-3/h8-11,16H,5-7,12-14H2,1-4H3. The topological polar surface area (TPSA) is 62.6 Å². The van der Waals surface area contributed by atoms with Crippen LogP contribution in [0.2, 0.25) is 0 Å². The lowest BCUT2D eigenvalue weighted by atomic mass is 10.1. The molecule has 7 heteroatoms. The Bertz CT molecular complexity index is 772. The third-order valence-electron chi connectivity index (χ3n) is 4.57. The van der Waals surface area contributed by atoms with E-state index < -0.39 is 5.97 Å². The van der Waals surface area contributed by atoms with Gasteiger partial charge in [0.25, 0.3) is 0 Å². The summed E-state index contributed by atoms with van der Waals surface area (Å²) in [5.41, 5.74) is 1.97. The lowest BCUT2D eigenvalue weighted by Gasteiger charge is -2.17. The van der Waals surface area contributed by atoms with Crippen molar-refractivity contribution in [2.45, 2.75) is 47.1 Å². The van der Waals surface area contributed by atoms with Crippen molar-refractivity contribution in [2.75, 3.05) is 19.8 Å². The predicted molar refractivity (Wildman–Crippen MR) is 112 cm³/mol. The highest BCUT2D eigenvalue weighted by molar-refractivity contribution is 9.10. The first-order valence-electron chi connectivity index (χ1n) is 9.70. The van der Waals surface area contributed by atoms with Gasteiger partial charge in [0, 0.05) is 21.8 Å². The fourth-order valence-electron chi connectivity index (χ4n) is 2.75. The van der Waals surface area contributed by atoms with E-state index >= 15 is 0 Å². The van der Waals surface area contributed by atoms with Gasteiger partial charge in [-0.1, -0.05) is 42.6 Å². The summed E-state index contributed by atoms with van der Waals surface area (Å²) in [6.45, 7) is 9.52. The molecule has 28 heavy (non-hydrogen) atoms. The highest BCUT2D eigenvalue weighted by atomic mass is 79.9. The number of aromatic nitrogens is 2. The highest BCUT2D eigenvalue weighted by Crippen LogP contribution is 2.26. The van der Waals surface area contributed by atoms with Crippen molar-refractivity contribution in [1.29, 1.82) is 0 Å². The lowest BCUT2D eigenvalue weighted by Crippen LogP contribution is -2.15. The van der Waals surface area contributed by atoms with Crippen LogP contribution in [0.3, 0.4) is 0 Å². The van der Waals surface area contributed by atoms with E-state index in [9.17, 15) is 4.79 Å². The van der Waals surface area contributed by atoms with Crippen LogP contribution in [0.5, 0.6) is 11.6 Å². The Morgan fingerprint density at radius 1 is 1.18 bits per heavy atom. The van der Waals surface area contributed by atoms with E-state index in [-0.39, 0.29) is 6.61 Å². The number of aryl methyl sites for hydroxylation is 1. The van der Waals surface area contributed by atoms with Crippen LogP contribution < -0.4 is 9.47 Å². The van der Waals surface area contributed by atoms with Gasteiger partial charge >= 0.3 is 5.97 Å². The zero-order chi connectivity index (χ0) is 20.5. The zero-order valence-corrected chi connectivity index (χ0v) is 18.6. The van der Waals surface area contributed by atoms with E-state index in [1.807, 2.05) is 35.9 Å². The summed E-state index contributed by atoms with van der Waals surface area (Å²) in [4.78, 5) is 11.5. The van der Waals surface area contributed by atoms with Crippen molar-refractivity contribution in [1.82, 2.24) is 9.78 Å². The summed E-state index contributed by atoms with van der Waals surface area (Å²) >= 11 is 3.53. The van der Waals surface area contributed by atoms with Gasteiger partial charge in [-0.05, 0) is 38.0 Å². The number of carbonyl (C=O) groups is 1. The van der Waals surface area contributed by atoms with Gasteiger partial charge in [0.2, 0.25) is 5.88 Å². The first-order valence-corrected chi connectivity index (χ1v) is 10.5. The van der Waals surface area contributed by atoms with E-state index in [0.717, 1.165) is 34.3 Å². The van der Waals surface area contributed by atoms with E-state index in [1.54, 1.807) is 6.92 Å². The second-order valence-electron chi connectivity index (χ2n) is 6.62. The molecule has 0 N–H and O–H groups in total. The molecule has 0 radical (unpaired) electrons. The van der Waals surface area contributed by atoms with Gasteiger partial charge in [-0.25, -0.2) is 4.79 Å². The van der Waals surface area contributed by atoms with Gasteiger partial charge in [0.1, 0.15) is 5.75 Å². The molecule has 0 amide bonds. The predicted octanol–water partition coefficient (Wildman–Crippen LogP) is 4.76. The maximum absolute atomic E-state index is 11.5. The normalized spacial score (nSPS) is 10.9. The van der Waals surface area contributed by atoms with E-state index in [0.29, 0.717) is 31.6 Å². The van der Waals surface area contributed by atoms with Gasteiger partial charge in [-0.2, -0.15) is 0 Å². The largest absolute Gasteiger partial charge is 0.493 e. The molecule has 0 fully saturated rings. The smallest absolute Gasteiger partial charge is 0.344 e. The van der Waals surface area contributed by atoms with Gasteiger partial charge in [0.15, 0.2) is 6.61 Å². The Hall–Kier alpha value is -2.02. The molecule has 0 atom stereocenters. The van der Waals surface area contributed by atoms with Crippen LogP contribution in [0.15, 0.2) is 28.7 Å². The average Bonchev–Trinajstić information content (AvgIpc) is 3.02. The average molecular weight is 453 g/mol. The van der Waals surface area contributed by atoms with Crippen molar-refractivity contribution < 1.29 is 19.0 Å². The Morgan fingerprint density at radius 3 is 2.61 bits per heavy atom. The van der Waals surface area contributed by atoms with Gasteiger partial charge in [-0.15, -0.1) is 5.10 Å². The van der Waals surface area contributed by atoms with Crippen LogP contribution in [0.25, 0.3) is 0 Å². The Kier molecular flexibility index (Phi) is 8.83. The molecular formula is C21H29BrN2O4. The molecule has 2 rings (SSSR count). The Labute approximate surface area is 175 Å². The molecule has 1 aromatic heterocycles. The van der Waals surface area contributed by atoms with E-state index in [2.05, 4.69) is 34.9 Å². The van der Waals surface area contributed by atoms with E-state index in [1.165, 1.54) is 0 Å². The maximum Gasteiger partial charge on any atom is 0.344 e. The molecular weight excluding hydrogens is 424 g/mol. The zero-order valence-electron chi connectivity index (χ0n) is 17.0. The first-order chi connectivity index (χ1) is 13.5. The number of ether oxygens (including phenoxy) is 3. The SMILES string of the molecule is CCOC(=O)COc1cc(C)n(Cc2cc(Br)ccc2OCC(CC)CC)n1. The summed E-state index contributed by atoms with van der Waals surface area (Å²) in [6, 6.07) is 7.82. The van der Waals surface area contributed by atoms with E-state index in [4.69, 9.17) is 14.2 Å². The van der Waals surface area contributed by atoms with Crippen LogP contribution in [0.1, 0.15) is 44.9 Å². The van der Waals surface area contributed by atoms with Crippen LogP contribution in [0.4, 0.5) is 0 Å². The molecule has 1 heterocycles. The van der Waals surface area contributed by atoms with Crippen LogP contribution in [-0.4, -0.2) is 35.6 Å². The summed E-state index contributed by atoms with van der Waals surface area (Å²) in [6.07, 6.45) is 2.20. The summed E-state index contributed by atoms with van der Waals surface area (Å²) < 4.78 is 19.2. The van der Waals surface area contributed by atoms with Crippen molar-refractivity contribution in [2.24, 2.45) is 5.92 Å². The van der Waals surface area contributed by atoms with Crippen molar-refractivity contribution in [3.05, 3.63) is 40.0 Å². The van der Waals surface area contributed by atoms with Crippen molar-refractivity contribution >= 4 is 21.9 Å². The summed E-state index contributed by atoms with van der Waals surface area (Å²) in [7, 11) is 0. The second kappa shape index (κ2) is 11.1. The molecule has 154 valence electrons. The molecule has 0 aliphatic heterocycles. The summed E-state index contributed by atoms with van der Waals surface area (Å²) in [5, 5.41) is 4.45. The monoisotopic (exact) mass is 452 g/mol. The van der Waals surface area contributed by atoms with Gasteiger partial charge < -0.3 is 14.2 Å². The molecule has 0 saturated heterocycles. The fraction of sp³-hybridized carbons (Fsp3) is 0.524. The Morgan fingerprint density at radius 2 is 1.93 bits per heavy atom. The van der Waals surface area contributed by atoms with Crippen molar-refractivity contribution in [3.63, 3.8) is 0 Å². The number of hydrogen-bond acceptors (Lipinski definition) is 5. The second-order valence-corrected chi connectivity index (χ2v) is 7.54. The molecule has 0 spiro atoms. The molecule has 0 unspecified atom stereocenters. The summed E-state index contributed by atoms with van der Waals surface area (Å²) in [5.74, 6) is 1.41. The number of halogens is 1. The van der Waals surface area contributed by atoms with Crippen LogP contribution in [-0.2, 0) is 16.1 Å². The van der Waals surface area contributed by atoms with Crippen LogP contribution in [0, 0.1) is 12.8 Å². The molecule has 6 nitrogen and oxygen atoms in total. The third-order valence-corrected chi connectivity index (χ3v) is 5.07. The number of esters is 1. The molecule has 2 aromatic rings. The van der Waals surface area contributed by atoms with Gasteiger partial charge in [-0.3, -0.25) is 4.68 Å². The van der Waals surface area contributed by atoms with Crippen molar-refractivity contribution in [3.8, 4) is 11.6 Å². The number of nitrogens with zero attached hydrogens (tertiary/aromatic N) is 2. The number of carbonyl (C=O) groups excluding carboxylic acids is 1. The third kappa shape index (κ3) is 6.55. The number of hydrogen-bond donors (Lipinski definition) is 0. The first kappa shape index (κ1) is 22.3.